The quantitative estimate of drug-likeness (QED) is 0.838. The number of carbonyl (C=O) groups excluding carboxylic acids is 1. The Morgan fingerprint density at radius 3 is 3.12 bits per heavy atom. The average molecular weight is 234 g/mol. The minimum atomic E-state index is -0.218. The zero-order chi connectivity index (χ0) is 12.3. The minimum Gasteiger partial charge on any atom is -0.469 e. The van der Waals surface area contributed by atoms with E-state index in [0.717, 1.165) is 0 Å². The van der Waals surface area contributed by atoms with Crippen molar-refractivity contribution >= 4 is 5.91 Å². The first kappa shape index (κ1) is 11.4. The monoisotopic (exact) mass is 234 g/mol. The van der Waals surface area contributed by atoms with Crippen LogP contribution >= 0.6 is 0 Å². The second-order valence-electron chi connectivity index (χ2n) is 3.68. The molecule has 0 radical (unpaired) electrons. The number of H-pyrrole nitrogens is 1. The van der Waals surface area contributed by atoms with Gasteiger partial charge in [0.15, 0.2) is 0 Å². The number of rotatable bonds is 4. The van der Waals surface area contributed by atoms with Crippen molar-refractivity contribution in [3.63, 3.8) is 0 Å². The van der Waals surface area contributed by atoms with Gasteiger partial charge in [0.25, 0.3) is 5.91 Å². The van der Waals surface area contributed by atoms with E-state index in [4.69, 9.17) is 4.42 Å². The first-order valence-electron chi connectivity index (χ1n) is 5.44. The third kappa shape index (κ3) is 2.35. The molecule has 0 saturated carbocycles. The molecular formula is C11H14N4O2. The molecule has 1 unspecified atom stereocenters. The van der Waals surface area contributed by atoms with Crippen molar-refractivity contribution in [3.8, 4) is 0 Å². The zero-order valence-electron chi connectivity index (χ0n) is 9.73. The molecule has 0 aliphatic heterocycles. The van der Waals surface area contributed by atoms with Crippen LogP contribution in [0.1, 0.15) is 41.8 Å². The van der Waals surface area contributed by atoms with Gasteiger partial charge in [-0.3, -0.25) is 9.89 Å². The van der Waals surface area contributed by atoms with E-state index in [-0.39, 0.29) is 11.9 Å². The van der Waals surface area contributed by atoms with Gasteiger partial charge < -0.3 is 9.73 Å². The predicted octanol–water partition coefficient (Wildman–Crippen LogP) is 1.45. The average Bonchev–Trinajstić information content (AvgIpc) is 2.99. The molecule has 2 heterocycles. The van der Waals surface area contributed by atoms with Crippen molar-refractivity contribution < 1.29 is 9.21 Å². The van der Waals surface area contributed by atoms with E-state index in [1.165, 1.54) is 12.6 Å². The molecule has 2 rings (SSSR count). The lowest BCUT2D eigenvalue weighted by atomic mass is 10.2. The van der Waals surface area contributed by atoms with E-state index < -0.39 is 0 Å². The summed E-state index contributed by atoms with van der Waals surface area (Å²) in [4.78, 5) is 15.9. The van der Waals surface area contributed by atoms with E-state index in [0.29, 0.717) is 23.6 Å². The fraction of sp³-hybridized carbons (Fsp3) is 0.364. The highest BCUT2D eigenvalue weighted by Crippen LogP contribution is 2.13. The molecule has 0 aliphatic rings. The fourth-order valence-corrected chi connectivity index (χ4v) is 1.58. The van der Waals surface area contributed by atoms with Gasteiger partial charge in [-0.25, -0.2) is 4.98 Å². The normalized spacial score (nSPS) is 12.4. The second-order valence-corrected chi connectivity index (χ2v) is 3.68. The largest absolute Gasteiger partial charge is 0.469 e. The molecule has 0 saturated heterocycles. The standard InChI is InChI=1S/C11H14N4O2/c1-3-9-8(4-5-17-9)11(16)14-7(2)10-12-6-13-15-10/h4-7H,3H2,1-2H3,(H,14,16)(H,12,13,15). The van der Waals surface area contributed by atoms with Crippen LogP contribution in [0.5, 0.6) is 0 Å². The third-order valence-electron chi connectivity index (χ3n) is 2.50. The van der Waals surface area contributed by atoms with Crippen LogP contribution in [0.2, 0.25) is 0 Å². The van der Waals surface area contributed by atoms with E-state index in [1.807, 2.05) is 13.8 Å². The highest BCUT2D eigenvalue weighted by molar-refractivity contribution is 5.95. The fourth-order valence-electron chi connectivity index (χ4n) is 1.58. The molecule has 90 valence electrons. The number of aryl methyl sites for hydroxylation is 1. The molecule has 1 atom stereocenters. The maximum Gasteiger partial charge on any atom is 0.255 e. The Balaban J connectivity index is 2.07. The minimum absolute atomic E-state index is 0.167. The SMILES string of the molecule is CCc1occc1C(=O)NC(C)c1ncn[nH]1. The summed E-state index contributed by atoms with van der Waals surface area (Å²) in [6, 6.07) is 1.45. The molecule has 2 aromatic rings. The molecule has 6 nitrogen and oxygen atoms in total. The van der Waals surface area contributed by atoms with E-state index in [9.17, 15) is 4.79 Å². The van der Waals surface area contributed by atoms with Gasteiger partial charge in [-0.15, -0.1) is 0 Å². The molecular weight excluding hydrogens is 220 g/mol. The van der Waals surface area contributed by atoms with E-state index in [2.05, 4.69) is 20.5 Å². The Kier molecular flexibility index (Phi) is 3.22. The zero-order valence-corrected chi connectivity index (χ0v) is 9.73. The number of aromatic amines is 1. The molecule has 2 aromatic heterocycles. The second kappa shape index (κ2) is 4.82. The Labute approximate surface area is 98.4 Å². The lowest BCUT2D eigenvalue weighted by molar-refractivity contribution is 0.0936. The number of hydrogen-bond donors (Lipinski definition) is 2. The van der Waals surface area contributed by atoms with Crippen molar-refractivity contribution in [1.29, 1.82) is 0 Å². The maximum absolute atomic E-state index is 12.0. The highest BCUT2D eigenvalue weighted by atomic mass is 16.3. The summed E-state index contributed by atoms with van der Waals surface area (Å²) >= 11 is 0. The van der Waals surface area contributed by atoms with Crippen LogP contribution in [0.15, 0.2) is 23.1 Å². The Bertz CT molecular complexity index is 489. The van der Waals surface area contributed by atoms with Crippen LogP contribution in [0, 0.1) is 0 Å². The van der Waals surface area contributed by atoms with Gasteiger partial charge in [0.1, 0.15) is 17.9 Å². The molecule has 0 aliphatic carbocycles. The van der Waals surface area contributed by atoms with Crippen molar-refractivity contribution in [1.82, 2.24) is 20.5 Å². The van der Waals surface area contributed by atoms with Crippen molar-refractivity contribution in [3.05, 3.63) is 35.8 Å². The summed E-state index contributed by atoms with van der Waals surface area (Å²) < 4.78 is 5.21. The van der Waals surface area contributed by atoms with Crippen LogP contribution in [-0.2, 0) is 6.42 Å². The van der Waals surface area contributed by atoms with Crippen LogP contribution < -0.4 is 5.32 Å². The summed E-state index contributed by atoms with van der Waals surface area (Å²) in [5.74, 6) is 1.15. The number of carbonyl (C=O) groups is 1. The van der Waals surface area contributed by atoms with Crippen LogP contribution in [0.3, 0.4) is 0 Å². The lowest BCUT2D eigenvalue weighted by Crippen LogP contribution is -2.27. The predicted molar refractivity (Wildman–Crippen MR) is 60.3 cm³/mol. The first-order valence-corrected chi connectivity index (χ1v) is 5.44. The highest BCUT2D eigenvalue weighted by Gasteiger charge is 2.17. The summed E-state index contributed by atoms with van der Waals surface area (Å²) in [7, 11) is 0. The Hall–Kier alpha value is -2.11. The first-order chi connectivity index (χ1) is 8.22. The van der Waals surface area contributed by atoms with Crippen molar-refractivity contribution in [2.45, 2.75) is 26.3 Å². The number of aromatic nitrogens is 3. The van der Waals surface area contributed by atoms with Crippen molar-refractivity contribution in [2.24, 2.45) is 0 Å². The smallest absolute Gasteiger partial charge is 0.255 e. The van der Waals surface area contributed by atoms with Gasteiger partial charge in [-0.2, -0.15) is 5.10 Å². The number of amides is 1. The lowest BCUT2D eigenvalue weighted by Gasteiger charge is -2.10. The van der Waals surface area contributed by atoms with Crippen molar-refractivity contribution in [2.75, 3.05) is 0 Å². The van der Waals surface area contributed by atoms with E-state index in [1.54, 1.807) is 6.07 Å². The molecule has 0 fully saturated rings. The molecule has 6 heteroatoms. The Morgan fingerprint density at radius 2 is 2.47 bits per heavy atom. The maximum atomic E-state index is 12.0. The van der Waals surface area contributed by atoms with Gasteiger partial charge in [-0.1, -0.05) is 6.92 Å². The molecule has 1 amide bonds. The summed E-state index contributed by atoms with van der Waals surface area (Å²) in [5, 5.41) is 9.28. The third-order valence-corrected chi connectivity index (χ3v) is 2.50. The molecule has 0 spiro atoms. The number of nitrogens with one attached hydrogen (secondary N) is 2. The molecule has 2 N–H and O–H groups in total. The van der Waals surface area contributed by atoms with Gasteiger partial charge in [0, 0.05) is 6.42 Å². The van der Waals surface area contributed by atoms with E-state index >= 15 is 0 Å². The summed E-state index contributed by atoms with van der Waals surface area (Å²) in [6.07, 6.45) is 3.62. The van der Waals surface area contributed by atoms with Crippen LogP contribution in [0.25, 0.3) is 0 Å². The molecule has 0 aromatic carbocycles. The summed E-state index contributed by atoms with van der Waals surface area (Å²) in [5.41, 5.74) is 0.568. The molecule has 0 bridgehead atoms. The Morgan fingerprint density at radius 1 is 1.65 bits per heavy atom. The van der Waals surface area contributed by atoms with Gasteiger partial charge >= 0.3 is 0 Å². The topological polar surface area (TPSA) is 83.8 Å². The van der Waals surface area contributed by atoms with Gasteiger partial charge in [0.05, 0.1) is 17.9 Å². The van der Waals surface area contributed by atoms with Gasteiger partial charge in [0.2, 0.25) is 0 Å². The number of furan rings is 1. The van der Waals surface area contributed by atoms with Gasteiger partial charge in [-0.05, 0) is 13.0 Å². The summed E-state index contributed by atoms with van der Waals surface area (Å²) in [6.45, 7) is 3.78. The number of hydrogen-bond acceptors (Lipinski definition) is 4. The van der Waals surface area contributed by atoms with Crippen LogP contribution in [-0.4, -0.2) is 21.1 Å². The number of nitrogens with zero attached hydrogens (tertiary/aromatic N) is 2. The molecule has 17 heavy (non-hydrogen) atoms. The van der Waals surface area contributed by atoms with Crippen LogP contribution in [0.4, 0.5) is 0 Å².